The fraction of sp³-hybridized carbons (Fsp3) is 0.263. The molecular weight excluding hydrogens is 447 g/mol. The first kappa shape index (κ1) is 20.8. The Kier molecular flexibility index (Phi) is 5.39. The van der Waals surface area contributed by atoms with Crippen molar-refractivity contribution in [1.29, 1.82) is 0 Å². The van der Waals surface area contributed by atoms with Gasteiger partial charge in [-0.3, -0.25) is 14.6 Å². The summed E-state index contributed by atoms with van der Waals surface area (Å²) in [6.45, 7) is 9.00. The van der Waals surface area contributed by atoms with E-state index in [1.165, 1.54) is 12.1 Å². The van der Waals surface area contributed by atoms with Crippen molar-refractivity contribution in [1.82, 2.24) is 25.0 Å². The first-order valence-electron chi connectivity index (χ1n) is 9.23. The minimum absolute atomic E-state index is 0.0403. The van der Waals surface area contributed by atoms with Crippen LogP contribution in [0.3, 0.4) is 0 Å². The number of rotatable bonds is 4. The van der Waals surface area contributed by atoms with Crippen molar-refractivity contribution in [2.75, 3.05) is 0 Å². The molecule has 10 nitrogen and oxygen atoms in total. The number of nitrogens with one attached hydrogen (secondary N) is 2. The SMILES string of the molecule is [C-]#[N+]c1nn(-c2cc(Cl)c(Oc3n[nH]c(=O)c4c3CCC4CC)c(Cl)c2)c(=O)[nH]c1=O. The predicted molar refractivity (Wildman–Crippen MR) is 113 cm³/mol. The number of ether oxygens (including phenoxy) is 1. The van der Waals surface area contributed by atoms with E-state index < -0.39 is 17.1 Å². The van der Waals surface area contributed by atoms with Crippen LogP contribution in [0.25, 0.3) is 10.5 Å². The summed E-state index contributed by atoms with van der Waals surface area (Å²) in [5, 5.41) is 10.3. The second kappa shape index (κ2) is 8.02. The van der Waals surface area contributed by atoms with Crippen molar-refractivity contribution < 1.29 is 4.74 Å². The second-order valence-corrected chi connectivity index (χ2v) is 7.66. The van der Waals surface area contributed by atoms with Gasteiger partial charge in [-0.2, -0.15) is 0 Å². The largest absolute Gasteiger partial charge is 0.434 e. The lowest BCUT2D eigenvalue weighted by atomic mass is 10.0. The molecule has 3 aromatic rings. The Bertz CT molecular complexity index is 1400. The number of hydrogen-bond donors (Lipinski definition) is 2. The van der Waals surface area contributed by atoms with Crippen molar-refractivity contribution in [3.05, 3.63) is 75.9 Å². The molecule has 0 bridgehead atoms. The van der Waals surface area contributed by atoms with Crippen molar-refractivity contribution in [3.63, 3.8) is 0 Å². The van der Waals surface area contributed by atoms with Gasteiger partial charge in [-0.05, 0) is 42.4 Å². The molecule has 0 spiro atoms. The van der Waals surface area contributed by atoms with Gasteiger partial charge < -0.3 is 9.58 Å². The van der Waals surface area contributed by atoms with Crippen LogP contribution in [0.5, 0.6) is 11.6 Å². The van der Waals surface area contributed by atoms with Crippen LogP contribution >= 0.6 is 23.2 Å². The molecule has 1 unspecified atom stereocenters. The van der Waals surface area contributed by atoms with Crippen LogP contribution in [0.1, 0.15) is 36.8 Å². The number of fused-ring (bicyclic) bond motifs is 1. The van der Waals surface area contributed by atoms with Crippen LogP contribution in [0.15, 0.2) is 26.5 Å². The second-order valence-electron chi connectivity index (χ2n) is 6.84. The zero-order valence-electron chi connectivity index (χ0n) is 16.0. The van der Waals surface area contributed by atoms with Gasteiger partial charge in [0.2, 0.25) is 5.88 Å². The van der Waals surface area contributed by atoms with Gasteiger partial charge in [0, 0.05) is 11.1 Å². The quantitative estimate of drug-likeness (QED) is 0.575. The van der Waals surface area contributed by atoms with Gasteiger partial charge in [-0.1, -0.05) is 36.7 Å². The normalized spacial score (nSPS) is 14.8. The van der Waals surface area contributed by atoms with Crippen LogP contribution in [0.2, 0.25) is 10.0 Å². The van der Waals surface area contributed by atoms with Gasteiger partial charge in [0.1, 0.15) is 0 Å². The van der Waals surface area contributed by atoms with Crippen LogP contribution < -0.4 is 21.5 Å². The fourth-order valence-electron chi connectivity index (χ4n) is 3.61. The Morgan fingerprint density at radius 2 is 1.97 bits per heavy atom. The van der Waals surface area contributed by atoms with E-state index >= 15 is 0 Å². The number of benzene rings is 1. The summed E-state index contributed by atoms with van der Waals surface area (Å²) in [4.78, 5) is 40.9. The number of aromatic nitrogens is 5. The number of nitrogens with zero attached hydrogens (tertiary/aromatic N) is 4. The monoisotopic (exact) mass is 460 g/mol. The van der Waals surface area contributed by atoms with Crippen LogP contribution in [0.4, 0.5) is 5.82 Å². The van der Waals surface area contributed by atoms with Gasteiger partial charge in [0.25, 0.3) is 11.1 Å². The molecule has 2 aromatic heterocycles. The zero-order valence-corrected chi connectivity index (χ0v) is 17.5. The molecule has 0 fully saturated rings. The molecule has 31 heavy (non-hydrogen) atoms. The molecule has 0 amide bonds. The van der Waals surface area contributed by atoms with E-state index in [4.69, 9.17) is 34.5 Å². The summed E-state index contributed by atoms with van der Waals surface area (Å²) in [5.74, 6) is -0.0914. The Labute approximate surface area is 184 Å². The summed E-state index contributed by atoms with van der Waals surface area (Å²) < 4.78 is 6.66. The highest BCUT2D eigenvalue weighted by molar-refractivity contribution is 6.37. The molecule has 0 radical (unpaired) electrons. The Balaban J connectivity index is 1.77. The lowest BCUT2D eigenvalue weighted by Crippen LogP contribution is -2.30. The summed E-state index contributed by atoms with van der Waals surface area (Å²) in [5.41, 5.74) is -0.489. The Hall–Kier alpha value is -3.42. The first-order chi connectivity index (χ1) is 14.8. The topological polar surface area (TPSA) is 127 Å². The molecule has 1 aromatic carbocycles. The van der Waals surface area contributed by atoms with E-state index in [1.54, 1.807) is 0 Å². The molecule has 2 heterocycles. The minimum atomic E-state index is -0.892. The Morgan fingerprint density at radius 1 is 1.26 bits per heavy atom. The number of hydrogen-bond acceptors (Lipinski definition) is 6. The van der Waals surface area contributed by atoms with E-state index in [9.17, 15) is 14.4 Å². The number of halogens is 2. The molecular formula is C19H14Cl2N6O4. The lowest BCUT2D eigenvalue weighted by Gasteiger charge is -2.13. The first-order valence-corrected chi connectivity index (χ1v) is 9.99. The molecule has 12 heteroatoms. The smallest absolute Gasteiger partial charge is 0.365 e. The standard InChI is InChI=1S/C19H14Cl2N6O4/c1-3-8-4-5-10-13(8)16(28)24-25-18(10)31-14-11(20)6-9(7-12(14)21)27-19(30)23-17(29)15(22-2)26-27/h6-8H,3-5H2,1H3,(H,24,28)(H,23,29,30). The van der Waals surface area contributed by atoms with Crippen molar-refractivity contribution in [2.24, 2.45) is 0 Å². The average molecular weight is 461 g/mol. The molecule has 2 N–H and O–H groups in total. The molecule has 1 aliphatic rings. The maximum Gasteiger partial charge on any atom is 0.365 e. The van der Waals surface area contributed by atoms with E-state index in [0.717, 1.165) is 17.5 Å². The fourth-order valence-corrected chi connectivity index (χ4v) is 4.17. The van der Waals surface area contributed by atoms with Gasteiger partial charge in [-0.15, -0.1) is 9.78 Å². The molecule has 0 saturated heterocycles. The zero-order chi connectivity index (χ0) is 22.3. The Morgan fingerprint density at radius 3 is 2.61 bits per heavy atom. The van der Waals surface area contributed by atoms with Crippen molar-refractivity contribution in [2.45, 2.75) is 32.1 Å². The summed E-state index contributed by atoms with van der Waals surface area (Å²) in [6.07, 6.45) is 2.29. The summed E-state index contributed by atoms with van der Waals surface area (Å²) in [6, 6.07) is 2.70. The predicted octanol–water partition coefficient (Wildman–Crippen LogP) is 3.09. The maximum absolute atomic E-state index is 12.2. The number of H-pyrrole nitrogens is 2. The lowest BCUT2D eigenvalue weighted by molar-refractivity contribution is 0.448. The average Bonchev–Trinajstić information content (AvgIpc) is 3.17. The molecule has 1 atom stereocenters. The van der Waals surface area contributed by atoms with Gasteiger partial charge in [0.05, 0.1) is 15.7 Å². The highest BCUT2D eigenvalue weighted by atomic mass is 35.5. The van der Waals surface area contributed by atoms with Crippen LogP contribution in [-0.2, 0) is 6.42 Å². The van der Waals surface area contributed by atoms with Gasteiger partial charge >= 0.3 is 11.5 Å². The molecule has 4 rings (SSSR count). The van der Waals surface area contributed by atoms with Crippen LogP contribution in [-0.4, -0.2) is 25.0 Å². The van der Waals surface area contributed by atoms with E-state index in [0.29, 0.717) is 17.5 Å². The van der Waals surface area contributed by atoms with Crippen molar-refractivity contribution in [3.8, 4) is 17.3 Å². The molecule has 0 saturated carbocycles. The van der Waals surface area contributed by atoms with E-state index in [1.807, 2.05) is 11.9 Å². The van der Waals surface area contributed by atoms with Crippen LogP contribution in [0, 0.1) is 6.57 Å². The third kappa shape index (κ3) is 3.62. The number of aromatic amines is 2. The van der Waals surface area contributed by atoms with Gasteiger partial charge in [0.15, 0.2) is 5.75 Å². The van der Waals surface area contributed by atoms with E-state index in [-0.39, 0.29) is 38.8 Å². The molecule has 0 aliphatic heterocycles. The summed E-state index contributed by atoms with van der Waals surface area (Å²) in [7, 11) is 0. The third-order valence-corrected chi connectivity index (χ3v) is 5.64. The third-order valence-electron chi connectivity index (χ3n) is 5.07. The molecule has 158 valence electrons. The van der Waals surface area contributed by atoms with Gasteiger partial charge in [-0.25, -0.2) is 9.89 Å². The van der Waals surface area contributed by atoms with Crippen molar-refractivity contribution >= 4 is 29.0 Å². The van der Waals surface area contributed by atoms with E-state index in [2.05, 4.69) is 20.1 Å². The highest BCUT2D eigenvalue weighted by Crippen LogP contribution is 2.42. The minimum Gasteiger partial charge on any atom is -0.434 e. The maximum atomic E-state index is 12.2. The summed E-state index contributed by atoms with van der Waals surface area (Å²) >= 11 is 12.7. The highest BCUT2D eigenvalue weighted by Gasteiger charge is 2.29. The molecule has 1 aliphatic carbocycles.